The summed E-state index contributed by atoms with van der Waals surface area (Å²) in [5.74, 6) is -1.71. The number of hydrogen-bond acceptors (Lipinski definition) is 3. The Kier molecular flexibility index (Phi) is 4.25. The molecule has 1 aromatic heterocycles. The van der Waals surface area contributed by atoms with Crippen LogP contribution in [0.3, 0.4) is 0 Å². The van der Waals surface area contributed by atoms with Crippen LogP contribution in [0.1, 0.15) is 40.9 Å². The van der Waals surface area contributed by atoms with Crippen LogP contribution in [0.5, 0.6) is 0 Å². The second kappa shape index (κ2) is 6.15. The van der Waals surface area contributed by atoms with Crippen molar-refractivity contribution in [2.45, 2.75) is 37.9 Å². The van der Waals surface area contributed by atoms with Gasteiger partial charge in [0.1, 0.15) is 5.54 Å². The topological polar surface area (TPSA) is 84.2 Å². The Labute approximate surface area is 146 Å². The molecule has 0 saturated heterocycles. The largest absolute Gasteiger partial charge is 0.480 e. The van der Waals surface area contributed by atoms with Gasteiger partial charge in [0.15, 0.2) is 0 Å². The fourth-order valence-corrected chi connectivity index (χ4v) is 2.91. The van der Waals surface area contributed by atoms with Crippen molar-refractivity contribution in [1.29, 1.82) is 0 Å². The van der Waals surface area contributed by atoms with E-state index in [9.17, 15) is 27.9 Å². The van der Waals surface area contributed by atoms with Gasteiger partial charge in [-0.3, -0.25) is 4.79 Å². The highest BCUT2D eigenvalue weighted by molar-refractivity contribution is 5.99. The molecule has 2 aromatic rings. The summed E-state index contributed by atoms with van der Waals surface area (Å²) >= 11 is 0. The molecule has 0 atom stereocenters. The van der Waals surface area contributed by atoms with Gasteiger partial charge in [-0.1, -0.05) is 6.07 Å². The number of nitrogens with zero attached hydrogens (tertiary/aromatic N) is 2. The lowest BCUT2D eigenvalue weighted by Crippen LogP contribution is -2.59. The maximum absolute atomic E-state index is 12.9. The third-order valence-corrected chi connectivity index (χ3v) is 4.64. The van der Waals surface area contributed by atoms with E-state index in [1.165, 1.54) is 29.9 Å². The third kappa shape index (κ3) is 3.04. The summed E-state index contributed by atoms with van der Waals surface area (Å²) in [5, 5.41) is 15.8. The van der Waals surface area contributed by atoms with Crippen LogP contribution in [-0.4, -0.2) is 32.3 Å². The maximum atomic E-state index is 12.9. The Bertz CT molecular complexity index is 870. The highest BCUT2D eigenvalue weighted by Crippen LogP contribution is 2.33. The predicted octanol–water partition coefficient (Wildman–Crippen LogP) is 2.94. The Morgan fingerprint density at radius 1 is 1.31 bits per heavy atom. The summed E-state index contributed by atoms with van der Waals surface area (Å²) < 4.78 is 39.8. The maximum Gasteiger partial charge on any atom is 0.416 e. The lowest BCUT2D eigenvalue weighted by atomic mass is 9.76. The van der Waals surface area contributed by atoms with Gasteiger partial charge in [0.2, 0.25) is 0 Å². The van der Waals surface area contributed by atoms with Gasteiger partial charge in [0, 0.05) is 0 Å². The number of hydrogen-bond donors (Lipinski definition) is 2. The minimum atomic E-state index is -4.49. The van der Waals surface area contributed by atoms with Gasteiger partial charge in [-0.25, -0.2) is 9.48 Å². The van der Waals surface area contributed by atoms with E-state index in [-0.39, 0.29) is 11.3 Å². The minimum absolute atomic E-state index is 0.120. The van der Waals surface area contributed by atoms with Crippen LogP contribution >= 0.6 is 0 Å². The number of halogens is 3. The zero-order valence-corrected chi connectivity index (χ0v) is 13.8. The molecule has 1 amide bonds. The van der Waals surface area contributed by atoms with Crippen molar-refractivity contribution < 1.29 is 27.9 Å². The zero-order valence-electron chi connectivity index (χ0n) is 13.8. The molecule has 1 heterocycles. The van der Waals surface area contributed by atoms with E-state index in [1.54, 1.807) is 0 Å². The number of carboxylic acids is 1. The molecule has 2 N–H and O–H groups in total. The van der Waals surface area contributed by atoms with Gasteiger partial charge in [-0.2, -0.15) is 18.3 Å². The van der Waals surface area contributed by atoms with Crippen molar-refractivity contribution in [2.75, 3.05) is 0 Å². The highest BCUT2D eigenvalue weighted by Gasteiger charge is 2.46. The second-order valence-corrected chi connectivity index (χ2v) is 6.30. The summed E-state index contributed by atoms with van der Waals surface area (Å²) in [6.07, 6.45) is -1.88. The number of aromatic nitrogens is 2. The summed E-state index contributed by atoms with van der Waals surface area (Å²) in [6.45, 7) is 1.54. The van der Waals surface area contributed by atoms with E-state index in [0.29, 0.717) is 25.0 Å². The van der Waals surface area contributed by atoms with E-state index in [2.05, 4.69) is 10.4 Å². The van der Waals surface area contributed by atoms with Gasteiger partial charge in [0.05, 0.1) is 28.7 Å². The van der Waals surface area contributed by atoms with E-state index in [1.807, 2.05) is 0 Å². The highest BCUT2D eigenvalue weighted by atomic mass is 19.4. The average molecular weight is 367 g/mol. The predicted molar refractivity (Wildman–Crippen MR) is 85.0 cm³/mol. The number of carbonyl (C=O) groups excluding carboxylic acids is 1. The first-order valence-corrected chi connectivity index (χ1v) is 7.92. The van der Waals surface area contributed by atoms with Gasteiger partial charge < -0.3 is 10.4 Å². The number of carbonyl (C=O) groups is 2. The SMILES string of the molecule is Cc1c(C(=O)NC2(C(=O)O)CCC2)cnn1-c1cccc(C(F)(F)F)c1. The smallest absolute Gasteiger partial charge is 0.416 e. The number of aliphatic carboxylic acids is 1. The summed E-state index contributed by atoms with van der Waals surface area (Å²) in [4.78, 5) is 23.8. The fraction of sp³-hybridized carbons (Fsp3) is 0.353. The Morgan fingerprint density at radius 3 is 2.54 bits per heavy atom. The molecule has 0 radical (unpaired) electrons. The molecule has 0 spiro atoms. The molecule has 0 unspecified atom stereocenters. The Morgan fingerprint density at radius 2 is 2.00 bits per heavy atom. The van der Waals surface area contributed by atoms with Crippen LogP contribution in [0.2, 0.25) is 0 Å². The number of benzene rings is 1. The molecule has 1 fully saturated rings. The number of nitrogens with one attached hydrogen (secondary N) is 1. The lowest BCUT2D eigenvalue weighted by Gasteiger charge is -2.38. The number of rotatable bonds is 4. The van der Waals surface area contributed by atoms with Crippen molar-refractivity contribution >= 4 is 11.9 Å². The number of amides is 1. The molecule has 1 aliphatic rings. The fourth-order valence-electron chi connectivity index (χ4n) is 2.91. The first-order chi connectivity index (χ1) is 12.1. The van der Waals surface area contributed by atoms with E-state index < -0.39 is 29.2 Å². The lowest BCUT2D eigenvalue weighted by molar-refractivity contribution is -0.148. The van der Waals surface area contributed by atoms with Crippen LogP contribution in [-0.2, 0) is 11.0 Å². The Balaban J connectivity index is 1.89. The second-order valence-electron chi connectivity index (χ2n) is 6.30. The standard InChI is InChI=1S/C17H16F3N3O3/c1-10-13(14(24)22-16(15(25)26)6-3-7-16)9-21-23(10)12-5-2-4-11(8-12)17(18,19)20/h2,4-5,8-9H,3,6-7H2,1H3,(H,22,24)(H,25,26). The van der Waals surface area contributed by atoms with Gasteiger partial charge in [-0.15, -0.1) is 0 Å². The number of alkyl halides is 3. The monoisotopic (exact) mass is 367 g/mol. The molecule has 1 aromatic carbocycles. The minimum Gasteiger partial charge on any atom is -0.480 e. The zero-order chi connectivity index (χ0) is 19.1. The van der Waals surface area contributed by atoms with Gasteiger partial charge in [-0.05, 0) is 44.4 Å². The molecule has 0 bridgehead atoms. The van der Waals surface area contributed by atoms with Gasteiger partial charge >= 0.3 is 12.1 Å². The van der Waals surface area contributed by atoms with Crippen LogP contribution in [0.25, 0.3) is 5.69 Å². The van der Waals surface area contributed by atoms with Crippen molar-refractivity contribution in [3.8, 4) is 5.69 Å². The third-order valence-electron chi connectivity index (χ3n) is 4.64. The first-order valence-electron chi connectivity index (χ1n) is 7.92. The molecule has 1 aliphatic carbocycles. The molecule has 3 rings (SSSR count). The first kappa shape index (κ1) is 18.0. The summed E-state index contributed by atoms with van der Waals surface area (Å²) in [7, 11) is 0. The van der Waals surface area contributed by atoms with Crippen molar-refractivity contribution in [1.82, 2.24) is 15.1 Å². The average Bonchev–Trinajstić information content (AvgIpc) is 2.91. The van der Waals surface area contributed by atoms with Crippen molar-refractivity contribution in [2.24, 2.45) is 0 Å². The summed E-state index contributed by atoms with van der Waals surface area (Å²) in [6, 6.07) is 4.59. The molecule has 138 valence electrons. The molecule has 6 nitrogen and oxygen atoms in total. The van der Waals surface area contributed by atoms with E-state index in [0.717, 1.165) is 12.1 Å². The molecule has 26 heavy (non-hydrogen) atoms. The molecule has 0 aliphatic heterocycles. The molecule has 9 heteroatoms. The molecular formula is C17H16F3N3O3. The van der Waals surface area contributed by atoms with E-state index in [4.69, 9.17) is 0 Å². The molecular weight excluding hydrogens is 351 g/mol. The van der Waals surface area contributed by atoms with E-state index >= 15 is 0 Å². The Hall–Kier alpha value is -2.84. The van der Waals surface area contributed by atoms with Crippen LogP contribution in [0, 0.1) is 6.92 Å². The van der Waals surface area contributed by atoms with Gasteiger partial charge in [0.25, 0.3) is 5.91 Å². The summed E-state index contributed by atoms with van der Waals surface area (Å²) in [5.41, 5.74) is -1.50. The van der Waals surface area contributed by atoms with Crippen LogP contribution < -0.4 is 5.32 Å². The van der Waals surface area contributed by atoms with Crippen molar-refractivity contribution in [3.05, 3.63) is 47.3 Å². The van der Waals surface area contributed by atoms with Crippen LogP contribution in [0.4, 0.5) is 13.2 Å². The van der Waals surface area contributed by atoms with Crippen LogP contribution in [0.15, 0.2) is 30.5 Å². The normalized spacial score (nSPS) is 16.0. The quantitative estimate of drug-likeness (QED) is 0.870. The van der Waals surface area contributed by atoms with Crippen molar-refractivity contribution in [3.63, 3.8) is 0 Å². The number of carboxylic acid groups (broad SMARTS) is 1. The molecule has 1 saturated carbocycles.